The molecule has 1 saturated heterocycles. The summed E-state index contributed by atoms with van der Waals surface area (Å²) in [6.07, 6.45) is 6.47. The first-order chi connectivity index (χ1) is 11.9. The minimum atomic E-state index is -0.182. The van der Waals surface area contributed by atoms with Gasteiger partial charge in [-0.15, -0.1) is 0 Å². The van der Waals surface area contributed by atoms with E-state index in [1.807, 2.05) is 0 Å². The highest BCUT2D eigenvalue weighted by atomic mass is 35.5. The Kier molecular flexibility index (Phi) is 5.24. The van der Waals surface area contributed by atoms with Gasteiger partial charge in [0.15, 0.2) is 5.82 Å². The fraction of sp³-hybridized carbons (Fsp3) is 0.471. The number of nitrogens with one attached hydrogen (secondary N) is 1. The molecule has 0 amide bonds. The van der Waals surface area contributed by atoms with Crippen molar-refractivity contribution in [2.75, 3.05) is 23.7 Å². The van der Waals surface area contributed by atoms with E-state index < -0.39 is 0 Å². The number of halogens is 1. The Hall–Kier alpha value is -1.73. The molecular formula is C17H22ClN5OS. The summed E-state index contributed by atoms with van der Waals surface area (Å²) in [6, 6.07) is 1.72. The van der Waals surface area contributed by atoms with E-state index in [-0.39, 0.29) is 5.56 Å². The summed E-state index contributed by atoms with van der Waals surface area (Å²) in [5.41, 5.74) is 6.45. The van der Waals surface area contributed by atoms with E-state index >= 15 is 0 Å². The highest BCUT2D eigenvalue weighted by Gasteiger charge is 2.29. The second kappa shape index (κ2) is 7.25. The average Bonchev–Trinajstić information content (AvgIpc) is 2.59. The highest BCUT2D eigenvalue weighted by molar-refractivity contribution is 7.99. The van der Waals surface area contributed by atoms with E-state index in [0.29, 0.717) is 32.0 Å². The number of hydrogen-bond donors (Lipinski definition) is 2. The predicted molar refractivity (Wildman–Crippen MR) is 102 cm³/mol. The molecule has 25 heavy (non-hydrogen) atoms. The molecule has 0 aliphatic carbocycles. The molecule has 1 fully saturated rings. The first-order valence-electron chi connectivity index (χ1n) is 8.33. The quantitative estimate of drug-likeness (QED) is 0.789. The number of nitrogens with zero attached hydrogens (tertiary/aromatic N) is 3. The van der Waals surface area contributed by atoms with Gasteiger partial charge in [-0.25, -0.2) is 9.97 Å². The van der Waals surface area contributed by atoms with Crippen molar-refractivity contribution in [1.82, 2.24) is 15.0 Å². The number of aromatic nitrogens is 3. The normalized spacial score (nSPS) is 16.8. The van der Waals surface area contributed by atoms with Gasteiger partial charge in [-0.2, -0.15) is 0 Å². The highest BCUT2D eigenvalue weighted by Crippen LogP contribution is 2.35. The van der Waals surface area contributed by atoms with Gasteiger partial charge in [0, 0.05) is 13.1 Å². The molecule has 134 valence electrons. The van der Waals surface area contributed by atoms with Crippen LogP contribution in [0.3, 0.4) is 0 Å². The number of aromatic amines is 1. The zero-order chi connectivity index (χ0) is 18.0. The molecule has 1 aliphatic rings. The van der Waals surface area contributed by atoms with Crippen molar-refractivity contribution in [3.05, 3.63) is 34.0 Å². The van der Waals surface area contributed by atoms with Crippen molar-refractivity contribution < 1.29 is 0 Å². The van der Waals surface area contributed by atoms with Gasteiger partial charge in [0.2, 0.25) is 0 Å². The number of hydrogen-bond acceptors (Lipinski definition) is 6. The molecular weight excluding hydrogens is 358 g/mol. The topological polar surface area (TPSA) is 87.9 Å². The van der Waals surface area contributed by atoms with Crippen molar-refractivity contribution >= 4 is 34.9 Å². The number of H-pyrrole nitrogens is 1. The van der Waals surface area contributed by atoms with E-state index in [4.69, 9.17) is 17.3 Å². The maximum absolute atomic E-state index is 12.5. The van der Waals surface area contributed by atoms with E-state index in [0.717, 1.165) is 32.4 Å². The van der Waals surface area contributed by atoms with Crippen LogP contribution in [0.25, 0.3) is 0 Å². The average molecular weight is 380 g/mol. The summed E-state index contributed by atoms with van der Waals surface area (Å²) in [4.78, 5) is 26.5. The van der Waals surface area contributed by atoms with Gasteiger partial charge in [0.1, 0.15) is 5.15 Å². The summed E-state index contributed by atoms with van der Waals surface area (Å²) in [5.74, 6) is 0.485. The van der Waals surface area contributed by atoms with Gasteiger partial charge in [0.05, 0.1) is 28.0 Å². The Labute approximate surface area is 156 Å². The van der Waals surface area contributed by atoms with Crippen LogP contribution in [0.5, 0.6) is 0 Å². The van der Waals surface area contributed by atoms with E-state index in [9.17, 15) is 4.79 Å². The standard InChI is InChI=1S/C17H22ClN5OS/c1-3-17(2)4-6-23(7-5-17)15-16(24)22-13(10-21-15)25-12-8-11(19)9-20-14(12)18/h8-10H,3-7,19H2,1-2H3,(H,22,24). The fourth-order valence-electron chi connectivity index (χ4n) is 2.90. The maximum atomic E-state index is 12.5. The molecule has 0 saturated carbocycles. The van der Waals surface area contributed by atoms with Gasteiger partial charge in [0.25, 0.3) is 5.56 Å². The summed E-state index contributed by atoms with van der Waals surface area (Å²) in [6.45, 7) is 6.25. The Morgan fingerprint density at radius 2 is 2.08 bits per heavy atom. The zero-order valence-corrected chi connectivity index (χ0v) is 16.0. The van der Waals surface area contributed by atoms with Crippen molar-refractivity contribution in [2.45, 2.75) is 43.0 Å². The number of pyridine rings is 1. The number of anilines is 2. The summed E-state index contributed by atoms with van der Waals surface area (Å²) >= 11 is 7.36. The van der Waals surface area contributed by atoms with Crippen molar-refractivity contribution in [2.24, 2.45) is 5.41 Å². The van der Waals surface area contributed by atoms with E-state index in [2.05, 4.69) is 33.7 Å². The number of nitrogens with two attached hydrogens (primary N) is 1. The van der Waals surface area contributed by atoms with Crippen LogP contribution in [0.15, 0.2) is 33.2 Å². The lowest BCUT2D eigenvalue weighted by molar-refractivity contribution is 0.237. The van der Waals surface area contributed by atoms with Crippen molar-refractivity contribution in [1.29, 1.82) is 0 Å². The monoisotopic (exact) mass is 379 g/mol. The molecule has 8 heteroatoms. The Morgan fingerprint density at radius 1 is 1.36 bits per heavy atom. The van der Waals surface area contributed by atoms with Gasteiger partial charge < -0.3 is 15.6 Å². The molecule has 2 aromatic rings. The third-order valence-corrected chi connectivity index (χ3v) is 6.29. The lowest BCUT2D eigenvalue weighted by Gasteiger charge is -2.39. The third-order valence-electron chi connectivity index (χ3n) is 4.92. The van der Waals surface area contributed by atoms with Crippen LogP contribution < -0.4 is 16.2 Å². The lowest BCUT2D eigenvalue weighted by Crippen LogP contribution is -2.41. The molecule has 3 heterocycles. The first kappa shape index (κ1) is 18.1. The number of piperidine rings is 1. The number of nitrogen functional groups attached to an aromatic ring is 1. The van der Waals surface area contributed by atoms with Crippen LogP contribution in [0, 0.1) is 5.41 Å². The SMILES string of the molecule is CCC1(C)CCN(c2ncc(Sc3cc(N)cnc3Cl)[nH]c2=O)CC1. The molecule has 6 nitrogen and oxygen atoms in total. The lowest BCUT2D eigenvalue weighted by atomic mass is 9.78. The molecule has 0 bridgehead atoms. The number of rotatable bonds is 4. The first-order valence-corrected chi connectivity index (χ1v) is 9.53. The van der Waals surface area contributed by atoms with Gasteiger partial charge in [-0.3, -0.25) is 4.79 Å². The smallest absolute Gasteiger partial charge is 0.291 e. The van der Waals surface area contributed by atoms with Crippen LogP contribution in [0.2, 0.25) is 5.15 Å². The molecule has 0 spiro atoms. The maximum Gasteiger partial charge on any atom is 0.291 e. The van der Waals surface area contributed by atoms with Gasteiger partial charge >= 0.3 is 0 Å². The summed E-state index contributed by atoms with van der Waals surface area (Å²) in [5, 5.41) is 0.956. The minimum absolute atomic E-state index is 0.182. The van der Waals surface area contributed by atoms with Crippen LogP contribution in [0.4, 0.5) is 11.5 Å². The molecule has 3 rings (SSSR count). The summed E-state index contributed by atoms with van der Waals surface area (Å²) in [7, 11) is 0. The Morgan fingerprint density at radius 3 is 2.72 bits per heavy atom. The second-order valence-corrected chi connectivity index (χ2v) is 8.15. The van der Waals surface area contributed by atoms with Crippen LogP contribution in [0.1, 0.15) is 33.1 Å². The van der Waals surface area contributed by atoms with Gasteiger partial charge in [-0.05, 0) is 24.3 Å². The van der Waals surface area contributed by atoms with E-state index in [1.54, 1.807) is 12.3 Å². The van der Waals surface area contributed by atoms with Crippen LogP contribution in [-0.2, 0) is 0 Å². The molecule has 0 aromatic carbocycles. The minimum Gasteiger partial charge on any atom is -0.397 e. The largest absolute Gasteiger partial charge is 0.397 e. The van der Waals surface area contributed by atoms with Crippen molar-refractivity contribution in [3.8, 4) is 0 Å². The summed E-state index contributed by atoms with van der Waals surface area (Å²) < 4.78 is 0. The van der Waals surface area contributed by atoms with E-state index in [1.165, 1.54) is 18.0 Å². The fourth-order valence-corrected chi connectivity index (χ4v) is 3.94. The Balaban J connectivity index is 1.75. The Bertz CT molecular complexity index is 817. The van der Waals surface area contributed by atoms with Gasteiger partial charge in [-0.1, -0.05) is 43.6 Å². The van der Waals surface area contributed by atoms with Crippen LogP contribution >= 0.6 is 23.4 Å². The molecule has 1 aliphatic heterocycles. The van der Waals surface area contributed by atoms with Crippen LogP contribution in [-0.4, -0.2) is 28.0 Å². The van der Waals surface area contributed by atoms with Crippen molar-refractivity contribution in [3.63, 3.8) is 0 Å². The molecule has 3 N–H and O–H groups in total. The molecule has 0 atom stereocenters. The second-order valence-electron chi connectivity index (χ2n) is 6.71. The molecule has 0 radical (unpaired) electrons. The molecule has 2 aromatic heterocycles. The predicted octanol–water partition coefficient (Wildman–Crippen LogP) is 3.57. The zero-order valence-electron chi connectivity index (χ0n) is 14.4. The third kappa shape index (κ3) is 4.10. The molecule has 0 unspecified atom stereocenters.